The highest BCUT2D eigenvalue weighted by atomic mass is 16.5. The van der Waals surface area contributed by atoms with Gasteiger partial charge in [-0.1, -0.05) is 12.1 Å². The summed E-state index contributed by atoms with van der Waals surface area (Å²) in [6.07, 6.45) is 0. The molecule has 1 heterocycles. The summed E-state index contributed by atoms with van der Waals surface area (Å²) in [5.41, 5.74) is 1.51. The van der Waals surface area contributed by atoms with E-state index in [9.17, 15) is 9.59 Å². The number of benzene rings is 1. The van der Waals surface area contributed by atoms with Gasteiger partial charge in [-0.2, -0.15) is 0 Å². The van der Waals surface area contributed by atoms with Gasteiger partial charge in [0.1, 0.15) is 11.5 Å². The Bertz CT molecular complexity index is 454. The highest BCUT2D eigenvalue weighted by molar-refractivity contribution is 6.02. The lowest BCUT2D eigenvalue weighted by Gasteiger charge is -2.12. The molecule has 0 aliphatic carbocycles. The minimum absolute atomic E-state index is 0.0138. The van der Waals surface area contributed by atoms with Crippen LogP contribution in [0.5, 0.6) is 5.75 Å². The van der Waals surface area contributed by atoms with Crippen LogP contribution in [0, 0.1) is 0 Å². The molecule has 1 aromatic carbocycles. The molecule has 84 valence electrons. The van der Waals surface area contributed by atoms with Crippen LogP contribution in [0.15, 0.2) is 18.2 Å². The number of carbonyl (C=O) groups is 2. The molecule has 0 aromatic heterocycles. The van der Waals surface area contributed by atoms with E-state index in [4.69, 9.17) is 4.74 Å². The third kappa shape index (κ3) is 1.66. The predicted octanol–water partition coefficient (Wildman–Crippen LogP) is 1.24. The van der Waals surface area contributed by atoms with Gasteiger partial charge in [0.2, 0.25) is 0 Å². The van der Waals surface area contributed by atoms with Crippen LogP contribution in [0.25, 0.3) is 0 Å². The van der Waals surface area contributed by atoms with Crippen LogP contribution >= 0.6 is 0 Å². The number of carbonyl (C=O) groups excluding carboxylic acids is 2. The van der Waals surface area contributed by atoms with E-state index in [-0.39, 0.29) is 18.2 Å². The third-order valence-electron chi connectivity index (χ3n) is 2.61. The Morgan fingerprint density at radius 3 is 2.88 bits per heavy atom. The number of ketones is 1. The third-order valence-corrected chi connectivity index (χ3v) is 2.61. The average Bonchev–Trinajstić information content (AvgIpc) is 2.55. The van der Waals surface area contributed by atoms with Crippen molar-refractivity contribution in [2.75, 3.05) is 13.7 Å². The van der Waals surface area contributed by atoms with E-state index >= 15 is 0 Å². The fourth-order valence-electron chi connectivity index (χ4n) is 1.95. The smallest absolute Gasteiger partial charge is 0.258 e. The molecule has 0 N–H and O–H groups in total. The monoisotopic (exact) mass is 219 g/mol. The lowest BCUT2D eigenvalue weighted by atomic mass is 10.1. The van der Waals surface area contributed by atoms with Gasteiger partial charge >= 0.3 is 0 Å². The summed E-state index contributed by atoms with van der Waals surface area (Å²) in [6.45, 7) is 2.13. The molecule has 1 aliphatic rings. The molecular formula is C12H13NO3. The molecule has 0 bridgehead atoms. The van der Waals surface area contributed by atoms with Crippen molar-refractivity contribution in [1.29, 1.82) is 0 Å². The SMILES string of the molecule is COc1cccc2c1C(=O)N(CC(C)=O)C2. The van der Waals surface area contributed by atoms with Crippen LogP contribution in [0.1, 0.15) is 22.8 Å². The van der Waals surface area contributed by atoms with Crippen LogP contribution in [-0.2, 0) is 11.3 Å². The first-order valence-corrected chi connectivity index (χ1v) is 5.08. The quantitative estimate of drug-likeness (QED) is 0.768. The summed E-state index contributed by atoms with van der Waals surface area (Å²) in [7, 11) is 1.54. The summed E-state index contributed by atoms with van der Waals surface area (Å²) >= 11 is 0. The number of hydrogen-bond acceptors (Lipinski definition) is 3. The Balaban J connectivity index is 2.35. The van der Waals surface area contributed by atoms with Crippen molar-refractivity contribution in [2.45, 2.75) is 13.5 Å². The van der Waals surface area contributed by atoms with Crippen molar-refractivity contribution < 1.29 is 14.3 Å². The van der Waals surface area contributed by atoms with Gasteiger partial charge in [-0.25, -0.2) is 0 Å². The van der Waals surface area contributed by atoms with Crippen molar-refractivity contribution in [3.63, 3.8) is 0 Å². The van der Waals surface area contributed by atoms with E-state index < -0.39 is 0 Å². The molecule has 0 radical (unpaired) electrons. The van der Waals surface area contributed by atoms with Gasteiger partial charge in [0.25, 0.3) is 5.91 Å². The van der Waals surface area contributed by atoms with Crippen LogP contribution in [0.4, 0.5) is 0 Å². The van der Waals surface area contributed by atoms with Crippen molar-refractivity contribution >= 4 is 11.7 Å². The zero-order valence-corrected chi connectivity index (χ0v) is 9.32. The van der Waals surface area contributed by atoms with Gasteiger partial charge in [-0.3, -0.25) is 9.59 Å². The summed E-state index contributed by atoms with van der Waals surface area (Å²) in [6, 6.07) is 5.49. The van der Waals surface area contributed by atoms with Gasteiger partial charge in [0, 0.05) is 6.54 Å². The molecule has 0 unspecified atom stereocenters. The number of fused-ring (bicyclic) bond motifs is 1. The van der Waals surface area contributed by atoms with E-state index in [0.29, 0.717) is 17.9 Å². The second-order valence-corrected chi connectivity index (χ2v) is 3.86. The highest BCUT2D eigenvalue weighted by Crippen LogP contribution is 2.30. The Morgan fingerprint density at radius 2 is 2.25 bits per heavy atom. The predicted molar refractivity (Wildman–Crippen MR) is 58.4 cm³/mol. The largest absolute Gasteiger partial charge is 0.496 e. The van der Waals surface area contributed by atoms with E-state index in [1.165, 1.54) is 18.9 Å². The molecule has 1 aromatic rings. The number of amides is 1. The number of hydrogen-bond donors (Lipinski definition) is 0. The lowest BCUT2D eigenvalue weighted by Crippen LogP contribution is -2.28. The first kappa shape index (κ1) is 10.7. The standard InChI is InChI=1S/C12H13NO3/c1-8(14)6-13-7-9-4-3-5-10(16-2)11(9)12(13)15/h3-5H,6-7H2,1-2H3. The van der Waals surface area contributed by atoms with Gasteiger partial charge in [0.05, 0.1) is 19.2 Å². The minimum atomic E-state index is -0.123. The maximum atomic E-state index is 12.0. The van der Waals surface area contributed by atoms with Gasteiger partial charge in [-0.05, 0) is 18.6 Å². The summed E-state index contributed by atoms with van der Waals surface area (Å²) in [5, 5.41) is 0. The Hall–Kier alpha value is -1.84. The maximum absolute atomic E-state index is 12.0. The fourth-order valence-corrected chi connectivity index (χ4v) is 1.95. The van der Waals surface area contributed by atoms with Crippen LogP contribution in [0.2, 0.25) is 0 Å². The molecule has 4 heteroatoms. The van der Waals surface area contributed by atoms with E-state index in [2.05, 4.69) is 0 Å². The molecular weight excluding hydrogens is 206 g/mol. The first-order valence-electron chi connectivity index (χ1n) is 5.08. The second-order valence-electron chi connectivity index (χ2n) is 3.86. The normalized spacial score (nSPS) is 13.9. The van der Waals surface area contributed by atoms with E-state index in [1.54, 1.807) is 6.07 Å². The zero-order chi connectivity index (χ0) is 11.7. The molecule has 2 rings (SSSR count). The molecule has 1 aliphatic heterocycles. The fraction of sp³-hybridized carbons (Fsp3) is 0.333. The molecule has 0 fully saturated rings. The highest BCUT2D eigenvalue weighted by Gasteiger charge is 2.30. The molecule has 0 atom stereocenters. The Labute approximate surface area is 93.8 Å². The molecule has 0 saturated heterocycles. The molecule has 1 amide bonds. The summed E-state index contributed by atoms with van der Waals surface area (Å²) in [5.74, 6) is 0.441. The minimum Gasteiger partial charge on any atom is -0.496 e. The molecule has 4 nitrogen and oxygen atoms in total. The molecule has 16 heavy (non-hydrogen) atoms. The van der Waals surface area contributed by atoms with Crippen LogP contribution in [0.3, 0.4) is 0 Å². The van der Waals surface area contributed by atoms with Crippen LogP contribution < -0.4 is 4.74 Å². The van der Waals surface area contributed by atoms with Gasteiger partial charge in [-0.15, -0.1) is 0 Å². The van der Waals surface area contributed by atoms with E-state index in [1.807, 2.05) is 12.1 Å². The van der Waals surface area contributed by atoms with Gasteiger partial charge in [0.15, 0.2) is 0 Å². The lowest BCUT2D eigenvalue weighted by molar-refractivity contribution is -0.117. The molecule has 0 spiro atoms. The summed E-state index contributed by atoms with van der Waals surface area (Å²) < 4.78 is 5.15. The van der Waals surface area contributed by atoms with Crippen molar-refractivity contribution in [3.05, 3.63) is 29.3 Å². The summed E-state index contributed by atoms with van der Waals surface area (Å²) in [4.78, 5) is 24.6. The number of ether oxygens (including phenoxy) is 1. The Morgan fingerprint density at radius 1 is 1.50 bits per heavy atom. The average molecular weight is 219 g/mol. The Kier molecular flexibility index (Phi) is 2.64. The number of methoxy groups -OCH3 is 1. The van der Waals surface area contributed by atoms with Crippen molar-refractivity contribution in [2.24, 2.45) is 0 Å². The van der Waals surface area contributed by atoms with Crippen LogP contribution in [-0.4, -0.2) is 30.2 Å². The second kappa shape index (κ2) is 3.96. The van der Waals surface area contributed by atoms with E-state index in [0.717, 1.165) is 5.56 Å². The van der Waals surface area contributed by atoms with Crippen molar-refractivity contribution in [3.8, 4) is 5.75 Å². The first-order chi connectivity index (χ1) is 7.63. The van der Waals surface area contributed by atoms with Gasteiger partial charge < -0.3 is 9.64 Å². The number of Topliss-reactive ketones (excluding diaryl/α,β-unsaturated/α-hetero) is 1. The topological polar surface area (TPSA) is 46.6 Å². The number of nitrogens with zero attached hydrogens (tertiary/aromatic N) is 1. The van der Waals surface area contributed by atoms with Crippen molar-refractivity contribution in [1.82, 2.24) is 4.90 Å². The maximum Gasteiger partial charge on any atom is 0.258 e. The number of rotatable bonds is 3. The molecule has 0 saturated carbocycles. The zero-order valence-electron chi connectivity index (χ0n) is 9.32.